The lowest BCUT2D eigenvalue weighted by Gasteiger charge is -2.48. The zero-order chi connectivity index (χ0) is 37.7. The Kier molecular flexibility index (Phi) is 14.5. The van der Waals surface area contributed by atoms with Crippen LogP contribution in [-0.4, -0.2) is 124 Å². The van der Waals surface area contributed by atoms with Crippen molar-refractivity contribution in [3.8, 4) is 0 Å². The number of pyridine rings is 1. The van der Waals surface area contributed by atoms with Crippen molar-refractivity contribution in [2.45, 2.75) is 141 Å². The number of aliphatic hydroxyl groups is 3. The molecule has 284 valence electrons. The van der Waals surface area contributed by atoms with E-state index in [4.69, 9.17) is 23.7 Å². The number of carbonyl (C=O) groups is 3. The monoisotopic (exact) mass is 708 g/mol. The number of likely N-dealkylation sites (N-methyl/N-ethyl adjacent to an activating group) is 1. The van der Waals surface area contributed by atoms with Gasteiger partial charge in [-0.3, -0.25) is 19.4 Å². The quantitative estimate of drug-likeness (QED) is 0.337. The van der Waals surface area contributed by atoms with Crippen molar-refractivity contribution in [1.82, 2.24) is 9.88 Å². The van der Waals surface area contributed by atoms with Gasteiger partial charge in [0.15, 0.2) is 6.29 Å². The van der Waals surface area contributed by atoms with E-state index in [-0.39, 0.29) is 37.2 Å². The molecular weight excluding hydrogens is 648 g/mol. The van der Waals surface area contributed by atoms with Crippen molar-refractivity contribution in [2.75, 3.05) is 21.2 Å². The molecule has 1 aromatic heterocycles. The fourth-order valence-corrected chi connectivity index (χ4v) is 7.65. The van der Waals surface area contributed by atoms with E-state index in [0.29, 0.717) is 12.0 Å². The Labute approximate surface area is 297 Å². The number of hydrogen-bond donors (Lipinski definition) is 3. The van der Waals surface area contributed by atoms with Gasteiger partial charge in [0.25, 0.3) is 0 Å². The molecule has 0 unspecified atom stereocenters. The summed E-state index contributed by atoms with van der Waals surface area (Å²) in [5.74, 6) is -5.39. The van der Waals surface area contributed by atoms with E-state index in [9.17, 15) is 29.7 Å². The van der Waals surface area contributed by atoms with Crippen molar-refractivity contribution in [2.24, 2.45) is 23.7 Å². The molecule has 0 amide bonds. The minimum absolute atomic E-state index is 0.0818. The van der Waals surface area contributed by atoms with Gasteiger partial charge in [-0.25, -0.2) is 0 Å². The molecule has 3 heterocycles. The number of aromatic nitrogens is 1. The van der Waals surface area contributed by atoms with E-state index in [1.165, 1.54) is 21.0 Å². The summed E-state index contributed by atoms with van der Waals surface area (Å²) >= 11 is 0. The maximum atomic E-state index is 14.0. The van der Waals surface area contributed by atoms with Gasteiger partial charge in [-0.2, -0.15) is 0 Å². The Morgan fingerprint density at radius 1 is 1.10 bits per heavy atom. The molecule has 0 aliphatic carbocycles. The summed E-state index contributed by atoms with van der Waals surface area (Å²) in [5.41, 5.74) is -2.66. The first-order valence-corrected chi connectivity index (χ1v) is 17.7. The maximum absolute atomic E-state index is 14.0. The second kappa shape index (κ2) is 17.3. The first-order chi connectivity index (χ1) is 23.3. The van der Waals surface area contributed by atoms with Crippen molar-refractivity contribution in [3.05, 3.63) is 30.1 Å². The third-order valence-electron chi connectivity index (χ3n) is 10.8. The Morgan fingerprint density at radius 2 is 1.76 bits per heavy atom. The molecule has 0 aromatic carbocycles. The predicted octanol–water partition coefficient (Wildman–Crippen LogP) is 2.70. The highest BCUT2D eigenvalue weighted by atomic mass is 16.7. The number of ketones is 1. The fourth-order valence-electron chi connectivity index (χ4n) is 7.65. The highest BCUT2D eigenvalue weighted by molar-refractivity contribution is 5.83. The molecule has 3 N–H and O–H groups in total. The molecule has 13 heteroatoms. The lowest BCUT2D eigenvalue weighted by atomic mass is 9.74. The molecule has 0 saturated carbocycles. The normalized spacial score (nSPS) is 40.9. The van der Waals surface area contributed by atoms with Gasteiger partial charge in [0.1, 0.15) is 29.7 Å². The van der Waals surface area contributed by atoms with E-state index in [2.05, 4.69) is 4.98 Å². The molecule has 0 bridgehead atoms. The molecule has 13 nitrogen and oxygen atoms in total. The number of aliphatic hydroxyl groups excluding tert-OH is 2. The van der Waals surface area contributed by atoms with Gasteiger partial charge < -0.3 is 43.9 Å². The van der Waals surface area contributed by atoms with Crippen LogP contribution in [0.3, 0.4) is 0 Å². The topological polar surface area (TPSA) is 174 Å². The second-order valence-electron chi connectivity index (χ2n) is 15.1. The Morgan fingerprint density at radius 3 is 2.32 bits per heavy atom. The van der Waals surface area contributed by atoms with Crippen LogP contribution in [0.5, 0.6) is 0 Å². The number of Topliss-reactive ketones (excluding diaryl/α,β-unsaturated/α-hetero) is 1. The number of cyclic esters (lactones) is 1. The summed E-state index contributed by atoms with van der Waals surface area (Å²) in [7, 11) is 5.20. The molecule has 0 radical (unpaired) electrons. The summed E-state index contributed by atoms with van der Waals surface area (Å²) in [6.07, 6.45) is -3.64. The van der Waals surface area contributed by atoms with Crippen LogP contribution in [-0.2, 0) is 44.5 Å². The summed E-state index contributed by atoms with van der Waals surface area (Å²) < 4.78 is 31.0. The van der Waals surface area contributed by atoms with Crippen LogP contribution >= 0.6 is 0 Å². The summed E-state index contributed by atoms with van der Waals surface area (Å²) in [6.45, 7) is 13.3. The fraction of sp³-hybridized carbons (Fsp3) is 0.784. The third-order valence-corrected chi connectivity index (χ3v) is 10.8. The van der Waals surface area contributed by atoms with Gasteiger partial charge in [-0.1, -0.05) is 33.8 Å². The molecule has 0 spiro atoms. The smallest absolute Gasteiger partial charge is 0.312 e. The molecule has 2 aliphatic rings. The van der Waals surface area contributed by atoms with E-state index >= 15 is 0 Å². The van der Waals surface area contributed by atoms with Gasteiger partial charge in [0.05, 0.1) is 36.3 Å². The van der Waals surface area contributed by atoms with Crippen LogP contribution in [0.15, 0.2) is 24.5 Å². The minimum atomic E-state index is -1.98. The molecule has 3 rings (SSSR count). The molecular formula is C37H60N2O11. The van der Waals surface area contributed by atoms with Gasteiger partial charge in [-0.15, -0.1) is 0 Å². The lowest BCUT2D eigenvalue weighted by Crippen LogP contribution is -2.60. The number of ether oxygens (including phenoxy) is 5. The van der Waals surface area contributed by atoms with Crippen LogP contribution in [0, 0.1) is 23.7 Å². The average molecular weight is 709 g/mol. The Bertz CT molecular complexity index is 1280. The summed E-state index contributed by atoms with van der Waals surface area (Å²) in [4.78, 5) is 47.3. The Balaban J connectivity index is 2.18. The summed E-state index contributed by atoms with van der Waals surface area (Å²) in [6, 6.07) is 3.14. The van der Waals surface area contributed by atoms with Gasteiger partial charge in [0, 0.05) is 43.3 Å². The average Bonchev–Trinajstić information content (AvgIpc) is 3.07. The molecule has 1 aromatic rings. The minimum Gasteiger partial charge on any atom is -0.461 e. The Hall–Kier alpha value is -2.52. The van der Waals surface area contributed by atoms with E-state index in [1.54, 1.807) is 59.1 Å². The van der Waals surface area contributed by atoms with Crippen molar-refractivity contribution < 1.29 is 53.4 Å². The SMILES string of the molecule is CC[C@@H]1OC(=O)[C@H](C)[C@@H](OC(=O)Cc2cccnc2)[C@H](C)[C@@H](O[C@@H]2O[C@H](C)C[C@H](N(C)C)[C@H]2O)[C@@](C)(OC)C[C@@H](C)C(=O)[C@@H](C)[C@@H](O)[C@]1(C)O. The van der Waals surface area contributed by atoms with Crippen LogP contribution in [0.1, 0.15) is 80.2 Å². The maximum Gasteiger partial charge on any atom is 0.312 e. The first kappa shape index (κ1) is 41.9. The predicted molar refractivity (Wildman–Crippen MR) is 184 cm³/mol. The van der Waals surface area contributed by atoms with Crippen LogP contribution < -0.4 is 0 Å². The largest absolute Gasteiger partial charge is 0.461 e. The zero-order valence-corrected chi connectivity index (χ0v) is 31.6. The number of hydrogen-bond acceptors (Lipinski definition) is 13. The van der Waals surface area contributed by atoms with Crippen molar-refractivity contribution in [3.63, 3.8) is 0 Å². The molecule has 50 heavy (non-hydrogen) atoms. The second-order valence-corrected chi connectivity index (χ2v) is 15.1. The highest BCUT2D eigenvalue weighted by Gasteiger charge is 2.52. The molecule has 2 saturated heterocycles. The highest BCUT2D eigenvalue weighted by Crippen LogP contribution is 2.40. The number of methoxy groups -OCH3 is 1. The van der Waals surface area contributed by atoms with Crippen LogP contribution in [0.25, 0.3) is 0 Å². The standard InChI is InChI=1S/C37H60N2O11/c1-12-27-37(8,45)32(43)22(4)29(41)20(2)18-36(7,46-11)33(50-35-30(42)26(39(9)10)16-21(3)47-35)23(5)31(24(6)34(44)48-27)49-28(40)17-25-14-13-15-38-19-25/h13-15,19-24,26-27,30-33,35,42-43,45H,12,16-18H2,1-11H3/t20-,21-,22-,23+,24-,26+,27+,30-,31+,32-,33-,35+,36+,37-/m1/s1. The zero-order valence-electron chi connectivity index (χ0n) is 31.6. The number of esters is 2. The molecule has 2 fully saturated rings. The third kappa shape index (κ3) is 9.47. The van der Waals surface area contributed by atoms with E-state index in [0.717, 1.165) is 0 Å². The number of nitrogens with zero attached hydrogens (tertiary/aromatic N) is 2. The van der Waals surface area contributed by atoms with Crippen molar-refractivity contribution in [1.29, 1.82) is 0 Å². The molecule has 14 atom stereocenters. The number of carbonyl (C=O) groups excluding carboxylic acids is 3. The van der Waals surface area contributed by atoms with Crippen LogP contribution in [0.2, 0.25) is 0 Å². The first-order valence-electron chi connectivity index (χ1n) is 17.7. The lowest BCUT2D eigenvalue weighted by molar-refractivity contribution is -0.301. The summed E-state index contributed by atoms with van der Waals surface area (Å²) in [5, 5.41) is 34.4. The number of rotatable bonds is 8. The van der Waals surface area contributed by atoms with E-state index < -0.39 is 83.6 Å². The molecule has 2 aliphatic heterocycles. The van der Waals surface area contributed by atoms with Gasteiger partial charge >= 0.3 is 11.9 Å². The van der Waals surface area contributed by atoms with Crippen LogP contribution in [0.4, 0.5) is 0 Å². The van der Waals surface area contributed by atoms with Gasteiger partial charge in [-0.05, 0) is 72.7 Å². The van der Waals surface area contributed by atoms with E-state index in [1.807, 2.05) is 25.9 Å². The van der Waals surface area contributed by atoms with Crippen molar-refractivity contribution >= 4 is 17.7 Å². The van der Waals surface area contributed by atoms with Gasteiger partial charge in [0.2, 0.25) is 0 Å².